The Balaban J connectivity index is 1.46. The van der Waals surface area contributed by atoms with Gasteiger partial charge in [-0.25, -0.2) is 0 Å². The van der Waals surface area contributed by atoms with Crippen molar-refractivity contribution in [1.29, 1.82) is 0 Å². The minimum absolute atomic E-state index is 0.00563. The molecule has 0 aliphatic carbocycles. The van der Waals surface area contributed by atoms with Crippen molar-refractivity contribution in [3.8, 4) is 0 Å². The van der Waals surface area contributed by atoms with Crippen molar-refractivity contribution in [2.24, 2.45) is 5.92 Å². The quantitative estimate of drug-likeness (QED) is 0.506. The second kappa shape index (κ2) is 11.1. The molecule has 1 aromatic carbocycles. The number of aromatic nitrogens is 1. The minimum Gasteiger partial charge on any atom is -0.453 e. The van der Waals surface area contributed by atoms with Gasteiger partial charge in [0.15, 0.2) is 5.76 Å². The van der Waals surface area contributed by atoms with Crippen LogP contribution in [0.25, 0.3) is 0 Å². The van der Waals surface area contributed by atoms with Crippen molar-refractivity contribution in [1.82, 2.24) is 14.8 Å². The van der Waals surface area contributed by atoms with Crippen LogP contribution in [0.15, 0.2) is 71.3 Å². The van der Waals surface area contributed by atoms with Crippen LogP contribution >= 0.6 is 0 Å². The van der Waals surface area contributed by atoms with E-state index < -0.39 is 0 Å². The first-order valence-electron chi connectivity index (χ1n) is 11.7. The van der Waals surface area contributed by atoms with E-state index >= 15 is 0 Å². The Hall–Kier alpha value is -3.45. The van der Waals surface area contributed by atoms with Crippen molar-refractivity contribution < 1.29 is 18.7 Å². The third kappa shape index (κ3) is 5.54. The molecule has 0 spiro atoms. The Labute approximate surface area is 200 Å². The first-order valence-corrected chi connectivity index (χ1v) is 11.7. The number of likely N-dealkylation sites (N-methyl/N-ethyl adjacent to an activating group) is 1. The SMILES string of the molecule is COCc1ccc(C(=O)N2CCC(C(Cc3ccccc3)N(C)C(=O)c3ccccn3)CC2)o1. The maximum absolute atomic E-state index is 13.2. The highest BCUT2D eigenvalue weighted by Gasteiger charge is 2.34. The monoisotopic (exact) mass is 461 g/mol. The summed E-state index contributed by atoms with van der Waals surface area (Å²) in [5.74, 6) is 1.06. The molecule has 0 bridgehead atoms. The summed E-state index contributed by atoms with van der Waals surface area (Å²) in [4.78, 5) is 34.1. The molecule has 1 atom stereocenters. The Morgan fingerprint density at radius 2 is 1.82 bits per heavy atom. The summed E-state index contributed by atoms with van der Waals surface area (Å²) >= 11 is 0. The number of ether oxygens (including phenoxy) is 1. The summed E-state index contributed by atoms with van der Waals surface area (Å²) < 4.78 is 10.7. The van der Waals surface area contributed by atoms with Gasteiger partial charge in [-0.05, 0) is 55.0 Å². The summed E-state index contributed by atoms with van der Waals surface area (Å²) in [6, 6.07) is 19.1. The van der Waals surface area contributed by atoms with Gasteiger partial charge < -0.3 is 19.0 Å². The highest BCUT2D eigenvalue weighted by atomic mass is 16.5. The molecule has 0 radical (unpaired) electrons. The smallest absolute Gasteiger partial charge is 0.289 e. The molecule has 1 fully saturated rings. The van der Waals surface area contributed by atoms with Gasteiger partial charge in [0.25, 0.3) is 11.8 Å². The number of nitrogens with zero attached hydrogens (tertiary/aromatic N) is 3. The van der Waals surface area contributed by atoms with Gasteiger partial charge in [-0.15, -0.1) is 0 Å². The lowest BCUT2D eigenvalue weighted by Crippen LogP contribution is -2.48. The zero-order valence-electron chi connectivity index (χ0n) is 19.7. The average molecular weight is 462 g/mol. The Kier molecular flexibility index (Phi) is 7.75. The van der Waals surface area contributed by atoms with Gasteiger partial charge in [-0.2, -0.15) is 0 Å². The summed E-state index contributed by atoms with van der Waals surface area (Å²) in [5.41, 5.74) is 1.63. The number of amides is 2. The van der Waals surface area contributed by atoms with E-state index in [1.165, 1.54) is 5.56 Å². The van der Waals surface area contributed by atoms with Crippen molar-refractivity contribution in [3.05, 3.63) is 89.6 Å². The van der Waals surface area contributed by atoms with Crippen LogP contribution in [0.5, 0.6) is 0 Å². The van der Waals surface area contributed by atoms with Gasteiger partial charge in [0.2, 0.25) is 0 Å². The van der Waals surface area contributed by atoms with E-state index in [1.54, 1.807) is 31.5 Å². The summed E-state index contributed by atoms with van der Waals surface area (Å²) in [7, 11) is 3.46. The molecule has 34 heavy (non-hydrogen) atoms. The van der Waals surface area contributed by atoms with Crippen molar-refractivity contribution in [3.63, 3.8) is 0 Å². The molecule has 3 aromatic rings. The largest absolute Gasteiger partial charge is 0.453 e. The number of piperidine rings is 1. The standard InChI is InChI=1S/C27H31N3O4/c1-29(26(31)23-10-6-7-15-28-23)24(18-20-8-4-3-5-9-20)21-13-16-30(17-14-21)27(32)25-12-11-22(34-25)19-33-2/h3-12,15,21,24H,13-14,16-19H2,1-2H3. The fourth-order valence-electron chi connectivity index (χ4n) is 4.65. The van der Waals surface area contributed by atoms with Gasteiger partial charge in [0, 0.05) is 39.5 Å². The minimum atomic E-state index is -0.0988. The van der Waals surface area contributed by atoms with Gasteiger partial charge in [-0.1, -0.05) is 36.4 Å². The Morgan fingerprint density at radius 1 is 1.09 bits per heavy atom. The van der Waals surface area contributed by atoms with Crippen LogP contribution in [0.3, 0.4) is 0 Å². The maximum atomic E-state index is 13.2. The molecule has 0 saturated carbocycles. The van der Waals surface area contributed by atoms with E-state index in [4.69, 9.17) is 9.15 Å². The van der Waals surface area contributed by atoms with Gasteiger partial charge in [0.1, 0.15) is 18.1 Å². The maximum Gasteiger partial charge on any atom is 0.289 e. The molecule has 3 heterocycles. The molecule has 1 aliphatic rings. The summed E-state index contributed by atoms with van der Waals surface area (Å²) in [6.07, 6.45) is 4.03. The zero-order valence-corrected chi connectivity index (χ0v) is 19.7. The number of hydrogen-bond donors (Lipinski definition) is 0. The second-order valence-corrected chi connectivity index (χ2v) is 8.72. The lowest BCUT2D eigenvalue weighted by molar-refractivity contribution is 0.0502. The predicted molar refractivity (Wildman–Crippen MR) is 128 cm³/mol. The van der Waals surface area contributed by atoms with Crippen LogP contribution in [-0.2, 0) is 17.8 Å². The number of hydrogen-bond acceptors (Lipinski definition) is 5. The molecule has 4 rings (SSSR count). The third-order valence-corrected chi connectivity index (χ3v) is 6.52. The van der Waals surface area contributed by atoms with Crippen LogP contribution in [0.2, 0.25) is 0 Å². The highest BCUT2D eigenvalue weighted by molar-refractivity contribution is 5.92. The molecular formula is C27H31N3O4. The molecule has 7 heteroatoms. The van der Waals surface area contributed by atoms with Gasteiger partial charge >= 0.3 is 0 Å². The lowest BCUT2D eigenvalue weighted by Gasteiger charge is -2.40. The van der Waals surface area contributed by atoms with Crippen molar-refractivity contribution in [2.45, 2.75) is 31.9 Å². The number of carbonyl (C=O) groups is 2. The lowest BCUT2D eigenvalue weighted by atomic mass is 9.84. The van der Waals surface area contributed by atoms with Crippen LogP contribution in [0, 0.1) is 5.92 Å². The fourth-order valence-corrected chi connectivity index (χ4v) is 4.65. The molecule has 1 saturated heterocycles. The molecule has 2 aromatic heterocycles. The number of benzene rings is 1. The van der Waals surface area contributed by atoms with Crippen LogP contribution < -0.4 is 0 Å². The first kappa shape index (κ1) is 23.7. The normalized spacial score (nSPS) is 15.2. The second-order valence-electron chi connectivity index (χ2n) is 8.72. The molecule has 7 nitrogen and oxygen atoms in total. The number of rotatable bonds is 8. The topological polar surface area (TPSA) is 75.9 Å². The van der Waals surface area contributed by atoms with Crippen LogP contribution in [-0.4, -0.2) is 59.9 Å². The van der Waals surface area contributed by atoms with E-state index in [0.717, 1.165) is 19.3 Å². The molecule has 1 unspecified atom stereocenters. The molecule has 2 amide bonds. The van der Waals surface area contributed by atoms with E-state index in [1.807, 2.05) is 47.2 Å². The van der Waals surface area contributed by atoms with E-state index in [2.05, 4.69) is 17.1 Å². The average Bonchev–Trinajstić information content (AvgIpc) is 3.36. The van der Waals surface area contributed by atoms with Crippen LogP contribution in [0.4, 0.5) is 0 Å². The van der Waals surface area contributed by atoms with Crippen LogP contribution in [0.1, 0.15) is 45.2 Å². The molecule has 0 N–H and O–H groups in total. The van der Waals surface area contributed by atoms with E-state index in [0.29, 0.717) is 36.9 Å². The highest BCUT2D eigenvalue weighted by Crippen LogP contribution is 2.28. The number of carbonyl (C=O) groups excluding carboxylic acids is 2. The third-order valence-electron chi connectivity index (χ3n) is 6.52. The first-order chi connectivity index (χ1) is 16.6. The zero-order chi connectivity index (χ0) is 23.9. The Morgan fingerprint density at radius 3 is 2.50 bits per heavy atom. The number of furan rings is 1. The Bertz CT molecular complexity index is 1080. The molecule has 178 valence electrons. The number of methoxy groups -OCH3 is 1. The fraction of sp³-hybridized carbons (Fsp3) is 0.370. The van der Waals surface area contributed by atoms with Gasteiger partial charge in [-0.3, -0.25) is 14.6 Å². The van der Waals surface area contributed by atoms with Crippen molar-refractivity contribution in [2.75, 3.05) is 27.2 Å². The van der Waals surface area contributed by atoms with Crippen molar-refractivity contribution >= 4 is 11.8 Å². The van der Waals surface area contributed by atoms with E-state index in [-0.39, 0.29) is 23.8 Å². The summed E-state index contributed by atoms with van der Waals surface area (Å²) in [5, 5.41) is 0. The van der Waals surface area contributed by atoms with E-state index in [9.17, 15) is 9.59 Å². The molecular weight excluding hydrogens is 430 g/mol. The number of likely N-dealkylation sites (tertiary alicyclic amines) is 1. The van der Waals surface area contributed by atoms with Gasteiger partial charge in [0.05, 0.1) is 0 Å². The summed E-state index contributed by atoms with van der Waals surface area (Å²) in [6.45, 7) is 1.59. The number of pyridine rings is 1. The predicted octanol–water partition coefficient (Wildman–Crippen LogP) is 4.06. The molecule has 1 aliphatic heterocycles.